The van der Waals surface area contributed by atoms with E-state index in [9.17, 15) is 9.59 Å². The average Bonchev–Trinajstić information content (AvgIpc) is 2.81. The summed E-state index contributed by atoms with van der Waals surface area (Å²) in [5.74, 6) is -0.768. The minimum Gasteiger partial charge on any atom is -0.495 e. The number of benzene rings is 1. The first-order chi connectivity index (χ1) is 10.0. The van der Waals surface area contributed by atoms with Gasteiger partial charge in [-0.05, 0) is 34.1 Å². The van der Waals surface area contributed by atoms with Crippen molar-refractivity contribution in [1.29, 1.82) is 0 Å². The molecule has 6 nitrogen and oxygen atoms in total. The van der Waals surface area contributed by atoms with Gasteiger partial charge >= 0.3 is 5.97 Å². The predicted molar refractivity (Wildman–Crippen MR) is 80.7 cm³/mol. The van der Waals surface area contributed by atoms with Crippen LogP contribution in [0.3, 0.4) is 0 Å². The maximum absolute atomic E-state index is 12.0. The first-order valence-corrected chi connectivity index (χ1v) is 6.82. The topological polar surface area (TPSA) is 80.6 Å². The molecular formula is C14H13BrN2O4. The molecule has 7 heteroatoms. The van der Waals surface area contributed by atoms with Gasteiger partial charge < -0.3 is 19.7 Å². The highest BCUT2D eigenvalue weighted by molar-refractivity contribution is 9.10. The van der Waals surface area contributed by atoms with E-state index in [4.69, 9.17) is 9.84 Å². The minimum atomic E-state index is -1.04. The Labute approximate surface area is 129 Å². The van der Waals surface area contributed by atoms with Crippen molar-refractivity contribution in [2.75, 3.05) is 12.4 Å². The lowest BCUT2D eigenvalue weighted by molar-refractivity contribution is -0.116. The minimum absolute atomic E-state index is 0.00802. The molecule has 0 unspecified atom stereocenters. The van der Waals surface area contributed by atoms with Gasteiger partial charge in [-0.15, -0.1) is 0 Å². The number of carbonyl (C=O) groups excluding carboxylic acids is 1. The number of halogens is 1. The van der Waals surface area contributed by atoms with Crippen molar-refractivity contribution in [2.45, 2.75) is 6.54 Å². The van der Waals surface area contributed by atoms with Gasteiger partial charge in [-0.2, -0.15) is 0 Å². The van der Waals surface area contributed by atoms with E-state index in [1.54, 1.807) is 24.3 Å². The standard InChI is InChI=1S/C14H13BrN2O4/c1-21-11-5-3-2-4-10(11)16-13(18)8-17-7-9(14(19)20)6-12(17)15/h2-7H,8H2,1H3,(H,16,18)(H,19,20). The average molecular weight is 353 g/mol. The number of rotatable bonds is 5. The highest BCUT2D eigenvalue weighted by atomic mass is 79.9. The number of carboxylic acid groups (broad SMARTS) is 1. The van der Waals surface area contributed by atoms with Crippen molar-refractivity contribution < 1.29 is 19.4 Å². The van der Waals surface area contributed by atoms with E-state index >= 15 is 0 Å². The Bertz CT molecular complexity index is 681. The molecular weight excluding hydrogens is 340 g/mol. The Kier molecular flexibility index (Phi) is 4.64. The number of methoxy groups -OCH3 is 1. The zero-order valence-electron chi connectivity index (χ0n) is 11.2. The molecule has 2 N–H and O–H groups in total. The summed E-state index contributed by atoms with van der Waals surface area (Å²) in [5, 5.41) is 11.6. The van der Waals surface area contributed by atoms with Gasteiger partial charge in [-0.25, -0.2) is 4.79 Å². The van der Waals surface area contributed by atoms with Crippen LogP contribution in [0.4, 0.5) is 5.69 Å². The van der Waals surface area contributed by atoms with Gasteiger partial charge in [0.15, 0.2) is 0 Å². The Hall–Kier alpha value is -2.28. The number of hydrogen-bond acceptors (Lipinski definition) is 3. The highest BCUT2D eigenvalue weighted by Crippen LogP contribution is 2.23. The SMILES string of the molecule is COc1ccccc1NC(=O)Cn1cc(C(=O)O)cc1Br. The summed E-state index contributed by atoms with van der Waals surface area (Å²) in [7, 11) is 1.52. The molecule has 1 aromatic heterocycles. The number of anilines is 1. The third-order valence-corrected chi connectivity index (χ3v) is 3.47. The molecule has 2 aromatic rings. The Morgan fingerprint density at radius 1 is 1.38 bits per heavy atom. The molecule has 110 valence electrons. The molecule has 0 atom stereocenters. The molecule has 1 heterocycles. The summed E-state index contributed by atoms with van der Waals surface area (Å²) in [4.78, 5) is 22.9. The van der Waals surface area contributed by atoms with E-state index in [1.807, 2.05) is 0 Å². The number of carbonyl (C=O) groups is 2. The zero-order valence-corrected chi connectivity index (χ0v) is 12.8. The molecule has 0 fully saturated rings. The molecule has 0 saturated carbocycles. The Morgan fingerprint density at radius 3 is 2.71 bits per heavy atom. The van der Waals surface area contributed by atoms with E-state index in [0.717, 1.165) is 0 Å². The van der Waals surface area contributed by atoms with Gasteiger partial charge in [0.25, 0.3) is 0 Å². The third-order valence-electron chi connectivity index (χ3n) is 2.79. The third kappa shape index (κ3) is 3.63. The molecule has 0 radical (unpaired) electrons. The van der Waals surface area contributed by atoms with Crippen LogP contribution in [0.2, 0.25) is 0 Å². The lowest BCUT2D eigenvalue weighted by Crippen LogP contribution is -2.18. The molecule has 2 rings (SSSR count). The molecule has 0 aliphatic heterocycles. The lowest BCUT2D eigenvalue weighted by atomic mass is 10.3. The molecule has 0 saturated heterocycles. The normalized spacial score (nSPS) is 10.2. The van der Waals surface area contributed by atoms with Crippen LogP contribution < -0.4 is 10.1 Å². The first-order valence-electron chi connectivity index (χ1n) is 6.03. The van der Waals surface area contributed by atoms with Crippen molar-refractivity contribution in [3.63, 3.8) is 0 Å². The maximum atomic E-state index is 12.0. The van der Waals surface area contributed by atoms with Gasteiger partial charge in [0.1, 0.15) is 12.3 Å². The van der Waals surface area contributed by atoms with Crippen molar-refractivity contribution in [2.24, 2.45) is 0 Å². The molecule has 1 aromatic carbocycles. The van der Waals surface area contributed by atoms with Crippen LogP contribution in [0.25, 0.3) is 0 Å². The summed E-state index contributed by atoms with van der Waals surface area (Å²) in [5.41, 5.74) is 0.679. The number of amides is 1. The number of carboxylic acids is 1. The van der Waals surface area contributed by atoms with Crippen LogP contribution in [0, 0.1) is 0 Å². The molecule has 0 bridgehead atoms. The summed E-state index contributed by atoms with van der Waals surface area (Å²) in [6.07, 6.45) is 1.40. The van der Waals surface area contributed by atoms with E-state index in [0.29, 0.717) is 16.0 Å². The summed E-state index contributed by atoms with van der Waals surface area (Å²) < 4.78 is 7.18. The smallest absolute Gasteiger partial charge is 0.337 e. The quantitative estimate of drug-likeness (QED) is 0.866. The van der Waals surface area contributed by atoms with E-state index in [-0.39, 0.29) is 18.0 Å². The number of aromatic carboxylic acids is 1. The van der Waals surface area contributed by atoms with Crippen molar-refractivity contribution >= 4 is 33.5 Å². The van der Waals surface area contributed by atoms with E-state index < -0.39 is 5.97 Å². The number of para-hydroxylation sites is 2. The van der Waals surface area contributed by atoms with Crippen molar-refractivity contribution in [3.8, 4) is 5.75 Å². The van der Waals surface area contributed by atoms with Crippen LogP contribution in [0.1, 0.15) is 10.4 Å². The van der Waals surface area contributed by atoms with Crippen LogP contribution in [0.15, 0.2) is 41.1 Å². The van der Waals surface area contributed by atoms with Gasteiger partial charge in [0.05, 0.1) is 23.0 Å². The van der Waals surface area contributed by atoms with Gasteiger partial charge in [0.2, 0.25) is 5.91 Å². The number of ether oxygens (including phenoxy) is 1. The molecule has 0 aliphatic rings. The molecule has 21 heavy (non-hydrogen) atoms. The van der Waals surface area contributed by atoms with Gasteiger partial charge in [-0.1, -0.05) is 12.1 Å². The fourth-order valence-corrected chi connectivity index (χ4v) is 2.28. The monoisotopic (exact) mass is 352 g/mol. The number of nitrogens with zero attached hydrogens (tertiary/aromatic N) is 1. The maximum Gasteiger partial charge on any atom is 0.337 e. The van der Waals surface area contributed by atoms with Gasteiger partial charge in [-0.3, -0.25) is 4.79 Å². The lowest BCUT2D eigenvalue weighted by Gasteiger charge is -2.10. The van der Waals surface area contributed by atoms with E-state index in [1.165, 1.54) is 23.9 Å². The predicted octanol–water partition coefficient (Wildman–Crippen LogP) is 2.60. The summed E-state index contributed by atoms with van der Waals surface area (Å²) in [6.45, 7) is -0.00802. The first kappa shape index (κ1) is 15.1. The fourth-order valence-electron chi connectivity index (χ4n) is 1.81. The number of aromatic nitrogens is 1. The van der Waals surface area contributed by atoms with E-state index in [2.05, 4.69) is 21.2 Å². The zero-order chi connectivity index (χ0) is 15.4. The van der Waals surface area contributed by atoms with Crippen molar-refractivity contribution in [3.05, 3.63) is 46.7 Å². The molecule has 0 spiro atoms. The number of nitrogens with one attached hydrogen (secondary N) is 1. The summed E-state index contributed by atoms with van der Waals surface area (Å²) >= 11 is 3.22. The Morgan fingerprint density at radius 2 is 2.10 bits per heavy atom. The molecule has 1 amide bonds. The van der Waals surface area contributed by atoms with Crippen LogP contribution in [-0.4, -0.2) is 28.7 Å². The van der Waals surface area contributed by atoms with Crippen LogP contribution in [-0.2, 0) is 11.3 Å². The van der Waals surface area contributed by atoms with Gasteiger partial charge in [0, 0.05) is 6.20 Å². The largest absolute Gasteiger partial charge is 0.495 e. The second kappa shape index (κ2) is 6.45. The fraction of sp³-hybridized carbons (Fsp3) is 0.143. The number of hydrogen-bond donors (Lipinski definition) is 2. The second-order valence-corrected chi connectivity index (χ2v) is 5.05. The summed E-state index contributed by atoms with van der Waals surface area (Å²) in [6, 6.07) is 8.49. The Balaban J connectivity index is 2.10. The molecule has 0 aliphatic carbocycles. The highest BCUT2D eigenvalue weighted by Gasteiger charge is 2.13. The van der Waals surface area contributed by atoms with Crippen LogP contribution in [0.5, 0.6) is 5.75 Å². The van der Waals surface area contributed by atoms with Crippen LogP contribution >= 0.6 is 15.9 Å². The van der Waals surface area contributed by atoms with Crippen molar-refractivity contribution in [1.82, 2.24) is 4.57 Å². The second-order valence-electron chi connectivity index (χ2n) is 4.23.